The van der Waals surface area contributed by atoms with Crippen LogP contribution in [0.3, 0.4) is 0 Å². The summed E-state index contributed by atoms with van der Waals surface area (Å²) in [5.74, 6) is -0.0466. The Labute approximate surface area is 188 Å². The Morgan fingerprint density at radius 2 is 1.48 bits per heavy atom. The smallest absolute Gasteiger partial charge is 0.232 e. The highest BCUT2D eigenvalue weighted by molar-refractivity contribution is 5.91. The molecule has 1 fully saturated rings. The summed E-state index contributed by atoms with van der Waals surface area (Å²) in [6, 6.07) is 20.3. The second-order valence-electron chi connectivity index (χ2n) is 8.92. The first-order valence-electron chi connectivity index (χ1n) is 12.0. The van der Waals surface area contributed by atoms with Crippen molar-refractivity contribution in [1.82, 2.24) is 10.2 Å². The Bertz CT molecular complexity index is 738. The second-order valence-corrected chi connectivity index (χ2v) is 8.92. The molecule has 0 aliphatic carbocycles. The number of benzene rings is 2. The van der Waals surface area contributed by atoms with Crippen LogP contribution in [0.2, 0.25) is 0 Å². The minimum Gasteiger partial charge on any atom is -0.369 e. The average Bonchev–Trinajstić information content (AvgIpc) is 3.26. The first-order chi connectivity index (χ1) is 15.2. The summed E-state index contributed by atoms with van der Waals surface area (Å²) in [5.41, 5.74) is 7.45. The summed E-state index contributed by atoms with van der Waals surface area (Å²) in [5, 5.41) is 3.21. The maximum absolute atomic E-state index is 13.1. The number of rotatable bonds is 13. The predicted molar refractivity (Wildman–Crippen MR) is 129 cm³/mol. The van der Waals surface area contributed by atoms with Gasteiger partial charge in [-0.2, -0.15) is 0 Å². The van der Waals surface area contributed by atoms with E-state index in [1.54, 1.807) is 0 Å². The number of carbonyl (C=O) groups is 1. The van der Waals surface area contributed by atoms with Gasteiger partial charge in [-0.25, -0.2) is 0 Å². The summed E-state index contributed by atoms with van der Waals surface area (Å²) in [7, 11) is 2.02. The van der Waals surface area contributed by atoms with E-state index in [0.717, 1.165) is 43.7 Å². The molecule has 0 radical (unpaired) electrons. The molecule has 1 saturated heterocycles. The van der Waals surface area contributed by atoms with Crippen LogP contribution in [-0.2, 0) is 10.2 Å². The number of amides is 1. The number of unbranched alkanes of at least 4 members (excludes halogenated alkanes) is 5. The SMILES string of the molecule is CNCCCCCCCCN1CCC(C(C(N)=O)(c2ccccc2)c2ccccc2)C1. The van der Waals surface area contributed by atoms with E-state index in [-0.39, 0.29) is 11.8 Å². The molecule has 1 heterocycles. The Balaban J connectivity index is 1.65. The summed E-state index contributed by atoms with van der Waals surface area (Å²) < 4.78 is 0. The lowest BCUT2D eigenvalue weighted by Gasteiger charge is -2.37. The van der Waals surface area contributed by atoms with Crippen molar-refractivity contribution in [2.24, 2.45) is 11.7 Å². The van der Waals surface area contributed by atoms with E-state index in [0.29, 0.717) is 0 Å². The van der Waals surface area contributed by atoms with Gasteiger partial charge in [0.15, 0.2) is 0 Å². The molecule has 1 atom stereocenters. The van der Waals surface area contributed by atoms with E-state index >= 15 is 0 Å². The number of carbonyl (C=O) groups excluding carboxylic acids is 1. The van der Waals surface area contributed by atoms with E-state index < -0.39 is 5.41 Å². The van der Waals surface area contributed by atoms with Crippen molar-refractivity contribution in [3.8, 4) is 0 Å². The Hall–Kier alpha value is -2.17. The highest BCUT2D eigenvalue weighted by Gasteiger charge is 2.49. The standard InChI is InChI=1S/C27H39N3O/c1-29-19-12-4-2-3-5-13-20-30-21-18-25(22-30)27(26(28)31,23-14-8-6-9-15-23)24-16-10-7-11-17-24/h6-11,14-17,25,29H,2-5,12-13,18-22H2,1H3,(H2,28,31). The first kappa shape index (κ1) is 23.5. The van der Waals surface area contributed by atoms with Crippen molar-refractivity contribution in [3.05, 3.63) is 71.8 Å². The van der Waals surface area contributed by atoms with Gasteiger partial charge in [-0.15, -0.1) is 0 Å². The number of hydrogen-bond donors (Lipinski definition) is 2. The number of primary amides is 1. The molecule has 1 amide bonds. The van der Waals surface area contributed by atoms with E-state index in [1.807, 2.05) is 43.4 Å². The Kier molecular flexibility index (Phi) is 9.11. The largest absolute Gasteiger partial charge is 0.369 e. The molecule has 3 rings (SSSR count). The molecule has 1 unspecified atom stereocenters. The van der Waals surface area contributed by atoms with Gasteiger partial charge in [-0.1, -0.05) is 86.3 Å². The third-order valence-electron chi connectivity index (χ3n) is 6.88. The summed E-state index contributed by atoms with van der Waals surface area (Å²) >= 11 is 0. The topological polar surface area (TPSA) is 58.4 Å². The van der Waals surface area contributed by atoms with Crippen LogP contribution in [0, 0.1) is 5.92 Å². The Morgan fingerprint density at radius 1 is 0.935 bits per heavy atom. The monoisotopic (exact) mass is 421 g/mol. The van der Waals surface area contributed by atoms with E-state index in [2.05, 4.69) is 34.5 Å². The van der Waals surface area contributed by atoms with Crippen LogP contribution in [0.4, 0.5) is 0 Å². The maximum Gasteiger partial charge on any atom is 0.232 e. The van der Waals surface area contributed by atoms with Crippen LogP contribution < -0.4 is 11.1 Å². The molecule has 2 aromatic rings. The quantitative estimate of drug-likeness (QED) is 0.473. The minimum absolute atomic E-state index is 0.191. The van der Waals surface area contributed by atoms with Gasteiger partial charge in [0, 0.05) is 6.54 Å². The van der Waals surface area contributed by atoms with Crippen LogP contribution in [0.15, 0.2) is 60.7 Å². The highest BCUT2D eigenvalue weighted by atomic mass is 16.1. The minimum atomic E-state index is -0.773. The number of nitrogens with zero attached hydrogens (tertiary/aromatic N) is 1. The third kappa shape index (κ3) is 5.75. The van der Waals surface area contributed by atoms with Crippen molar-refractivity contribution >= 4 is 5.91 Å². The van der Waals surface area contributed by atoms with Gasteiger partial charge >= 0.3 is 0 Å². The van der Waals surface area contributed by atoms with Crippen molar-refractivity contribution in [2.75, 3.05) is 33.2 Å². The molecule has 1 aliphatic rings. The van der Waals surface area contributed by atoms with Gasteiger partial charge < -0.3 is 16.0 Å². The molecule has 1 aliphatic heterocycles. The fourth-order valence-corrected chi connectivity index (χ4v) is 5.26. The zero-order chi connectivity index (χ0) is 21.9. The molecular weight excluding hydrogens is 382 g/mol. The molecule has 31 heavy (non-hydrogen) atoms. The van der Waals surface area contributed by atoms with Gasteiger partial charge in [-0.3, -0.25) is 4.79 Å². The average molecular weight is 422 g/mol. The highest BCUT2D eigenvalue weighted by Crippen LogP contribution is 2.43. The molecule has 0 saturated carbocycles. The number of nitrogens with one attached hydrogen (secondary N) is 1. The lowest BCUT2D eigenvalue weighted by atomic mass is 9.64. The van der Waals surface area contributed by atoms with E-state index in [9.17, 15) is 4.79 Å². The second kappa shape index (κ2) is 12.0. The molecule has 2 aromatic carbocycles. The molecular formula is C27H39N3O. The lowest BCUT2D eigenvalue weighted by Crippen LogP contribution is -2.49. The van der Waals surface area contributed by atoms with Crippen molar-refractivity contribution in [3.63, 3.8) is 0 Å². The van der Waals surface area contributed by atoms with Crippen LogP contribution in [0.25, 0.3) is 0 Å². The van der Waals surface area contributed by atoms with Crippen molar-refractivity contribution in [2.45, 2.75) is 50.4 Å². The molecule has 4 heteroatoms. The number of likely N-dealkylation sites (tertiary alicyclic amines) is 1. The van der Waals surface area contributed by atoms with Crippen LogP contribution in [-0.4, -0.2) is 44.0 Å². The molecule has 0 aromatic heterocycles. The zero-order valence-electron chi connectivity index (χ0n) is 19.1. The van der Waals surface area contributed by atoms with Crippen LogP contribution >= 0.6 is 0 Å². The lowest BCUT2D eigenvalue weighted by molar-refractivity contribution is -0.123. The van der Waals surface area contributed by atoms with E-state index in [1.165, 1.54) is 38.5 Å². The normalized spacial score (nSPS) is 17.1. The van der Waals surface area contributed by atoms with Crippen LogP contribution in [0.1, 0.15) is 56.1 Å². The fraction of sp³-hybridized carbons (Fsp3) is 0.519. The Morgan fingerprint density at radius 3 is 2.03 bits per heavy atom. The molecule has 168 valence electrons. The van der Waals surface area contributed by atoms with Gasteiger partial charge in [0.2, 0.25) is 5.91 Å². The summed E-state index contributed by atoms with van der Waals surface area (Å²) in [6.07, 6.45) is 8.77. The van der Waals surface area contributed by atoms with Gasteiger partial charge in [-0.05, 0) is 63.0 Å². The third-order valence-corrected chi connectivity index (χ3v) is 6.88. The predicted octanol–water partition coefficient (Wildman–Crippen LogP) is 4.34. The first-order valence-corrected chi connectivity index (χ1v) is 12.0. The van der Waals surface area contributed by atoms with Crippen LogP contribution in [0.5, 0.6) is 0 Å². The van der Waals surface area contributed by atoms with Gasteiger partial charge in [0.1, 0.15) is 5.41 Å². The summed E-state index contributed by atoms with van der Waals surface area (Å²) in [4.78, 5) is 15.7. The van der Waals surface area contributed by atoms with Crippen molar-refractivity contribution in [1.29, 1.82) is 0 Å². The summed E-state index contributed by atoms with van der Waals surface area (Å²) in [6.45, 7) is 4.21. The zero-order valence-corrected chi connectivity index (χ0v) is 19.1. The molecule has 0 bridgehead atoms. The fourth-order valence-electron chi connectivity index (χ4n) is 5.26. The molecule has 0 spiro atoms. The van der Waals surface area contributed by atoms with Gasteiger partial charge in [0.05, 0.1) is 0 Å². The van der Waals surface area contributed by atoms with E-state index in [4.69, 9.17) is 5.73 Å². The molecule has 4 nitrogen and oxygen atoms in total. The van der Waals surface area contributed by atoms with Gasteiger partial charge in [0.25, 0.3) is 0 Å². The number of hydrogen-bond acceptors (Lipinski definition) is 3. The molecule has 3 N–H and O–H groups in total. The maximum atomic E-state index is 13.1. The number of nitrogens with two attached hydrogens (primary N) is 1. The van der Waals surface area contributed by atoms with Crippen molar-refractivity contribution < 1.29 is 4.79 Å².